The molecule has 3 rings (SSSR count). The number of amides is 1. The molecule has 0 radical (unpaired) electrons. The van der Waals surface area contributed by atoms with Crippen molar-refractivity contribution in [3.63, 3.8) is 0 Å². The Labute approximate surface area is 155 Å². The first kappa shape index (κ1) is 18.0. The van der Waals surface area contributed by atoms with Crippen molar-refractivity contribution in [2.24, 2.45) is 5.92 Å². The number of carbonyl (C=O) groups is 1. The molecule has 1 atom stereocenters. The van der Waals surface area contributed by atoms with Crippen LogP contribution in [0.3, 0.4) is 0 Å². The second kappa shape index (κ2) is 8.02. The number of hydrogen-bond donors (Lipinski definition) is 0. The Morgan fingerprint density at radius 2 is 2.40 bits per heavy atom. The summed E-state index contributed by atoms with van der Waals surface area (Å²) in [4.78, 5) is 15.9. The lowest BCUT2D eigenvalue weighted by molar-refractivity contribution is -0.127. The van der Waals surface area contributed by atoms with Crippen LogP contribution in [0.1, 0.15) is 30.2 Å². The summed E-state index contributed by atoms with van der Waals surface area (Å²) in [6, 6.07) is 4.20. The SMILES string of the molecule is CC1CCc2sc(-c3nnc(SCC(=O)N(C)CCC#N)o3)cc2C1. The Bertz CT molecular complexity index is 793. The molecule has 1 aliphatic carbocycles. The zero-order valence-corrected chi connectivity index (χ0v) is 16.0. The summed E-state index contributed by atoms with van der Waals surface area (Å²) in [5.74, 6) is 1.43. The number of aryl methyl sites for hydroxylation is 1. The summed E-state index contributed by atoms with van der Waals surface area (Å²) >= 11 is 2.96. The third-order valence-corrected chi connectivity index (χ3v) is 6.28. The van der Waals surface area contributed by atoms with Crippen molar-refractivity contribution in [2.45, 2.75) is 37.8 Å². The number of carbonyl (C=O) groups excluding carboxylic acids is 1. The number of nitrogens with zero attached hydrogens (tertiary/aromatic N) is 4. The summed E-state index contributed by atoms with van der Waals surface area (Å²) < 4.78 is 5.71. The van der Waals surface area contributed by atoms with E-state index >= 15 is 0 Å². The molecule has 1 aliphatic rings. The van der Waals surface area contributed by atoms with Gasteiger partial charge in [-0.3, -0.25) is 4.79 Å². The molecular weight excluding hydrogens is 356 g/mol. The summed E-state index contributed by atoms with van der Waals surface area (Å²) in [6.07, 6.45) is 3.81. The number of thioether (sulfide) groups is 1. The molecule has 25 heavy (non-hydrogen) atoms. The standard InChI is InChI=1S/C17H20N4O2S2/c1-11-4-5-13-12(8-11)9-14(25-13)16-19-20-17(23-16)24-10-15(22)21(2)7-3-6-18/h9,11H,3-5,7-8,10H2,1-2H3. The molecule has 0 fully saturated rings. The fraction of sp³-hybridized carbons (Fsp3) is 0.529. The number of hydrogen-bond acceptors (Lipinski definition) is 7. The monoisotopic (exact) mass is 376 g/mol. The third-order valence-electron chi connectivity index (χ3n) is 4.25. The minimum atomic E-state index is -0.0550. The van der Waals surface area contributed by atoms with Gasteiger partial charge in [0, 0.05) is 18.5 Å². The van der Waals surface area contributed by atoms with Crippen LogP contribution in [0.2, 0.25) is 0 Å². The molecule has 0 aliphatic heterocycles. The fourth-order valence-electron chi connectivity index (χ4n) is 2.75. The quantitative estimate of drug-likeness (QED) is 0.719. The van der Waals surface area contributed by atoms with Crippen molar-refractivity contribution in [2.75, 3.05) is 19.3 Å². The summed E-state index contributed by atoms with van der Waals surface area (Å²) in [6.45, 7) is 2.72. The van der Waals surface area contributed by atoms with E-state index in [9.17, 15) is 4.79 Å². The van der Waals surface area contributed by atoms with Crippen molar-refractivity contribution in [3.8, 4) is 16.8 Å². The second-order valence-electron chi connectivity index (χ2n) is 6.29. The molecule has 0 saturated heterocycles. The van der Waals surface area contributed by atoms with Gasteiger partial charge in [0.1, 0.15) is 0 Å². The van der Waals surface area contributed by atoms with Crippen molar-refractivity contribution in [1.82, 2.24) is 15.1 Å². The molecule has 0 aromatic carbocycles. The largest absolute Gasteiger partial charge is 0.410 e. The van der Waals surface area contributed by atoms with E-state index in [1.54, 1.807) is 23.3 Å². The van der Waals surface area contributed by atoms with Crippen LogP contribution < -0.4 is 0 Å². The lowest BCUT2D eigenvalue weighted by atomic mass is 9.90. The van der Waals surface area contributed by atoms with Crippen LogP contribution in [0.5, 0.6) is 0 Å². The minimum Gasteiger partial charge on any atom is -0.410 e. The molecule has 0 N–H and O–H groups in total. The van der Waals surface area contributed by atoms with Crippen LogP contribution in [-0.2, 0) is 17.6 Å². The Morgan fingerprint density at radius 3 is 3.20 bits per heavy atom. The number of rotatable bonds is 6. The highest BCUT2D eigenvalue weighted by Gasteiger charge is 2.21. The van der Waals surface area contributed by atoms with Crippen LogP contribution in [0, 0.1) is 17.2 Å². The maximum Gasteiger partial charge on any atom is 0.277 e. The molecular formula is C17H20N4O2S2. The van der Waals surface area contributed by atoms with Gasteiger partial charge in [0.05, 0.1) is 23.1 Å². The van der Waals surface area contributed by atoms with Gasteiger partial charge in [0.25, 0.3) is 11.1 Å². The van der Waals surface area contributed by atoms with Crippen LogP contribution in [-0.4, -0.2) is 40.3 Å². The Hall–Kier alpha value is -1.85. The number of thiophene rings is 1. The summed E-state index contributed by atoms with van der Waals surface area (Å²) in [5.41, 5.74) is 1.40. The van der Waals surface area contributed by atoms with Crippen LogP contribution in [0.25, 0.3) is 10.8 Å². The van der Waals surface area contributed by atoms with E-state index in [-0.39, 0.29) is 11.7 Å². The van der Waals surface area contributed by atoms with E-state index < -0.39 is 0 Å². The molecule has 2 aromatic heterocycles. The predicted molar refractivity (Wildman–Crippen MR) is 97.4 cm³/mol. The number of fused-ring (bicyclic) bond motifs is 1. The highest BCUT2D eigenvalue weighted by molar-refractivity contribution is 7.99. The van der Waals surface area contributed by atoms with Gasteiger partial charge >= 0.3 is 0 Å². The predicted octanol–water partition coefficient (Wildman–Crippen LogP) is 3.39. The first-order chi connectivity index (χ1) is 12.1. The van der Waals surface area contributed by atoms with Crippen molar-refractivity contribution in [1.29, 1.82) is 5.26 Å². The molecule has 1 amide bonds. The molecule has 0 saturated carbocycles. The zero-order chi connectivity index (χ0) is 17.8. The van der Waals surface area contributed by atoms with Crippen LogP contribution >= 0.6 is 23.1 Å². The molecule has 8 heteroatoms. The molecule has 2 heterocycles. The van der Waals surface area contributed by atoms with Crippen molar-refractivity contribution < 1.29 is 9.21 Å². The summed E-state index contributed by atoms with van der Waals surface area (Å²) in [5, 5.41) is 17.1. The van der Waals surface area contributed by atoms with Gasteiger partial charge in [-0.25, -0.2) is 0 Å². The average molecular weight is 377 g/mol. The fourth-order valence-corrected chi connectivity index (χ4v) is 4.59. The average Bonchev–Trinajstić information content (AvgIpc) is 3.23. The summed E-state index contributed by atoms with van der Waals surface area (Å²) in [7, 11) is 1.69. The first-order valence-corrected chi connectivity index (χ1v) is 10.1. The Kier molecular flexibility index (Phi) is 5.76. The first-order valence-electron chi connectivity index (χ1n) is 8.26. The minimum absolute atomic E-state index is 0.0550. The highest BCUT2D eigenvalue weighted by Crippen LogP contribution is 2.37. The molecule has 1 unspecified atom stereocenters. The normalized spacial score (nSPS) is 16.3. The van der Waals surface area contributed by atoms with Gasteiger partial charge in [0.15, 0.2) is 0 Å². The van der Waals surface area contributed by atoms with Crippen LogP contribution in [0.4, 0.5) is 0 Å². The van der Waals surface area contributed by atoms with E-state index in [4.69, 9.17) is 9.68 Å². The van der Waals surface area contributed by atoms with E-state index in [1.165, 1.54) is 28.6 Å². The topological polar surface area (TPSA) is 83.0 Å². The van der Waals surface area contributed by atoms with Gasteiger partial charge in [-0.15, -0.1) is 21.5 Å². The molecule has 2 aromatic rings. The number of nitriles is 1. The second-order valence-corrected chi connectivity index (χ2v) is 8.36. The van der Waals surface area contributed by atoms with E-state index in [1.807, 2.05) is 6.07 Å². The lowest BCUT2D eigenvalue weighted by Gasteiger charge is -2.16. The Balaban J connectivity index is 1.60. The van der Waals surface area contributed by atoms with E-state index in [2.05, 4.69) is 23.2 Å². The van der Waals surface area contributed by atoms with Crippen molar-refractivity contribution in [3.05, 3.63) is 16.5 Å². The van der Waals surface area contributed by atoms with Gasteiger partial charge in [-0.2, -0.15) is 5.26 Å². The Morgan fingerprint density at radius 1 is 1.56 bits per heavy atom. The van der Waals surface area contributed by atoms with E-state index in [0.717, 1.165) is 23.6 Å². The van der Waals surface area contributed by atoms with Gasteiger partial charge in [-0.05, 0) is 36.8 Å². The van der Waals surface area contributed by atoms with Gasteiger partial charge in [0.2, 0.25) is 5.91 Å². The molecule has 6 nitrogen and oxygen atoms in total. The third kappa shape index (κ3) is 4.41. The van der Waals surface area contributed by atoms with Gasteiger partial charge < -0.3 is 9.32 Å². The number of aromatic nitrogens is 2. The molecule has 0 spiro atoms. The smallest absolute Gasteiger partial charge is 0.277 e. The highest BCUT2D eigenvalue weighted by atomic mass is 32.2. The van der Waals surface area contributed by atoms with Gasteiger partial charge in [-0.1, -0.05) is 18.7 Å². The molecule has 132 valence electrons. The molecule has 0 bridgehead atoms. The lowest BCUT2D eigenvalue weighted by Crippen LogP contribution is -2.29. The maximum atomic E-state index is 12.0. The maximum absolute atomic E-state index is 12.0. The zero-order valence-electron chi connectivity index (χ0n) is 14.3. The van der Waals surface area contributed by atoms with Crippen molar-refractivity contribution >= 4 is 29.0 Å². The van der Waals surface area contributed by atoms with Crippen LogP contribution in [0.15, 0.2) is 15.7 Å². The van der Waals surface area contributed by atoms with E-state index in [0.29, 0.717) is 24.1 Å².